The Bertz CT molecular complexity index is 945. The predicted molar refractivity (Wildman–Crippen MR) is 128 cm³/mol. The van der Waals surface area contributed by atoms with Crippen molar-refractivity contribution in [3.05, 3.63) is 59.1 Å². The molecular formula is C25H30ClN3O3. The summed E-state index contributed by atoms with van der Waals surface area (Å²) >= 11 is 6.06. The number of hydrogen-bond donors (Lipinski definition) is 3. The fraction of sp³-hybridized carbons (Fsp3) is 0.440. The van der Waals surface area contributed by atoms with Crippen molar-refractivity contribution in [3.63, 3.8) is 0 Å². The number of carboxylic acids is 1. The molecule has 0 unspecified atom stereocenters. The highest BCUT2D eigenvalue weighted by Crippen LogP contribution is 2.29. The van der Waals surface area contributed by atoms with E-state index < -0.39 is 5.97 Å². The van der Waals surface area contributed by atoms with Crippen molar-refractivity contribution in [2.45, 2.75) is 38.1 Å². The molecule has 1 aliphatic carbocycles. The molecule has 1 amide bonds. The molecule has 0 radical (unpaired) electrons. The number of amides is 1. The van der Waals surface area contributed by atoms with Gasteiger partial charge in [0, 0.05) is 42.3 Å². The fourth-order valence-electron chi connectivity index (χ4n) is 4.90. The summed E-state index contributed by atoms with van der Waals surface area (Å²) in [6.07, 6.45) is 4.75. The lowest BCUT2D eigenvalue weighted by Gasteiger charge is -2.34. The Labute approximate surface area is 194 Å². The van der Waals surface area contributed by atoms with Gasteiger partial charge in [0.25, 0.3) is 0 Å². The molecule has 3 N–H and O–H groups in total. The predicted octanol–water partition coefficient (Wildman–Crippen LogP) is 4.65. The van der Waals surface area contributed by atoms with Crippen LogP contribution in [0.2, 0.25) is 5.02 Å². The van der Waals surface area contributed by atoms with Gasteiger partial charge in [0.15, 0.2) is 0 Å². The number of para-hydroxylation sites is 1. The zero-order valence-electron chi connectivity index (χ0n) is 18.1. The zero-order valence-corrected chi connectivity index (χ0v) is 18.9. The summed E-state index contributed by atoms with van der Waals surface area (Å²) < 4.78 is 0. The summed E-state index contributed by atoms with van der Waals surface area (Å²) in [5, 5.41) is 16.5. The number of benzene rings is 2. The lowest BCUT2D eigenvalue weighted by molar-refractivity contribution is -0.126. The molecular weight excluding hydrogens is 426 g/mol. The SMILES string of the molecule is O=C(O)c1ccc(Cl)cc1NC[C@@H]1CCC[C@@H]1NC(=O)C1CCN(c2ccccc2)CC1. The second kappa shape index (κ2) is 10.3. The lowest BCUT2D eigenvalue weighted by Crippen LogP contribution is -2.46. The fourth-order valence-corrected chi connectivity index (χ4v) is 5.07. The van der Waals surface area contributed by atoms with Gasteiger partial charge in [0.1, 0.15) is 0 Å². The summed E-state index contributed by atoms with van der Waals surface area (Å²) in [4.78, 5) is 26.8. The Morgan fingerprint density at radius 1 is 1.03 bits per heavy atom. The molecule has 2 fully saturated rings. The Morgan fingerprint density at radius 3 is 2.50 bits per heavy atom. The minimum atomic E-state index is -0.984. The van der Waals surface area contributed by atoms with Gasteiger partial charge in [0.05, 0.1) is 11.3 Å². The maximum atomic E-state index is 13.0. The number of aromatic carboxylic acids is 1. The van der Waals surface area contributed by atoms with Gasteiger partial charge in [-0.15, -0.1) is 0 Å². The maximum Gasteiger partial charge on any atom is 0.337 e. The van der Waals surface area contributed by atoms with Gasteiger partial charge >= 0.3 is 5.97 Å². The van der Waals surface area contributed by atoms with Gasteiger partial charge in [-0.1, -0.05) is 36.2 Å². The van der Waals surface area contributed by atoms with Crippen LogP contribution in [0.1, 0.15) is 42.5 Å². The largest absolute Gasteiger partial charge is 0.478 e. The number of carbonyl (C=O) groups excluding carboxylic acids is 1. The van der Waals surface area contributed by atoms with Crippen LogP contribution in [0.15, 0.2) is 48.5 Å². The van der Waals surface area contributed by atoms with E-state index in [1.165, 1.54) is 11.8 Å². The van der Waals surface area contributed by atoms with E-state index in [-0.39, 0.29) is 29.3 Å². The molecule has 0 bridgehead atoms. The number of hydrogen-bond acceptors (Lipinski definition) is 4. The van der Waals surface area contributed by atoms with Crippen LogP contribution in [0.3, 0.4) is 0 Å². The standard InChI is InChI=1S/C25H30ClN3O3/c26-19-9-10-21(25(31)32)23(15-19)27-16-18-5-4-8-22(18)28-24(30)17-11-13-29(14-12-17)20-6-2-1-3-7-20/h1-3,6-7,9-10,15,17-18,22,27H,4-5,8,11-14,16H2,(H,28,30)(H,31,32)/t18-,22-/m0/s1. The van der Waals surface area contributed by atoms with E-state index >= 15 is 0 Å². The van der Waals surface area contributed by atoms with E-state index in [1.807, 2.05) is 18.2 Å². The molecule has 1 saturated heterocycles. The third-order valence-electron chi connectivity index (χ3n) is 6.74. The maximum absolute atomic E-state index is 13.0. The van der Waals surface area contributed by atoms with E-state index in [9.17, 15) is 14.7 Å². The molecule has 1 saturated carbocycles. The first-order chi connectivity index (χ1) is 15.5. The molecule has 170 valence electrons. The minimum Gasteiger partial charge on any atom is -0.478 e. The zero-order chi connectivity index (χ0) is 22.5. The quantitative estimate of drug-likeness (QED) is 0.566. The normalized spacial score (nSPS) is 21.3. The van der Waals surface area contributed by atoms with Gasteiger partial charge < -0.3 is 20.6 Å². The first-order valence-electron chi connectivity index (χ1n) is 11.4. The number of nitrogens with zero attached hydrogens (tertiary/aromatic N) is 1. The summed E-state index contributed by atoms with van der Waals surface area (Å²) in [6, 6.07) is 15.2. The molecule has 0 spiro atoms. The van der Waals surface area contributed by atoms with Crippen LogP contribution in [0, 0.1) is 11.8 Å². The van der Waals surface area contributed by atoms with Gasteiger partial charge in [0.2, 0.25) is 5.91 Å². The van der Waals surface area contributed by atoms with Crippen LogP contribution in [0.5, 0.6) is 0 Å². The molecule has 1 aliphatic heterocycles. The summed E-state index contributed by atoms with van der Waals surface area (Å²) in [5.41, 5.74) is 1.95. The number of anilines is 2. The minimum absolute atomic E-state index is 0.0516. The van der Waals surface area contributed by atoms with Crippen LogP contribution in [-0.4, -0.2) is 42.7 Å². The Kier molecular flexibility index (Phi) is 7.20. The highest BCUT2D eigenvalue weighted by atomic mass is 35.5. The molecule has 2 aromatic rings. The first-order valence-corrected chi connectivity index (χ1v) is 11.8. The van der Waals surface area contributed by atoms with E-state index in [0.717, 1.165) is 45.2 Å². The molecule has 2 aliphatic rings. The Balaban J connectivity index is 1.29. The molecule has 4 rings (SSSR count). The lowest BCUT2D eigenvalue weighted by atomic mass is 9.94. The van der Waals surface area contributed by atoms with Crippen LogP contribution >= 0.6 is 11.6 Å². The average Bonchev–Trinajstić information content (AvgIpc) is 3.25. The van der Waals surface area contributed by atoms with Crippen LogP contribution in [0.25, 0.3) is 0 Å². The van der Waals surface area contributed by atoms with Crippen molar-refractivity contribution in [1.29, 1.82) is 0 Å². The highest BCUT2D eigenvalue weighted by molar-refractivity contribution is 6.31. The molecule has 2 atom stereocenters. The monoisotopic (exact) mass is 455 g/mol. The van der Waals surface area contributed by atoms with Crippen molar-refractivity contribution < 1.29 is 14.7 Å². The molecule has 2 aromatic carbocycles. The molecule has 6 nitrogen and oxygen atoms in total. The third-order valence-corrected chi connectivity index (χ3v) is 6.98. The summed E-state index contributed by atoms with van der Waals surface area (Å²) in [7, 11) is 0. The second-order valence-corrected chi connectivity index (χ2v) is 9.22. The topological polar surface area (TPSA) is 81.7 Å². The Morgan fingerprint density at radius 2 is 1.78 bits per heavy atom. The van der Waals surface area contributed by atoms with Crippen LogP contribution < -0.4 is 15.5 Å². The first kappa shape index (κ1) is 22.5. The van der Waals surface area contributed by atoms with Crippen molar-refractivity contribution in [3.8, 4) is 0 Å². The number of piperidine rings is 1. The van der Waals surface area contributed by atoms with Crippen molar-refractivity contribution in [2.24, 2.45) is 11.8 Å². The summed E-state index contributed by atoms with van der Waals surface area (Å²) in [5.74, 6) is -0.509. The van der Waals surface area contributed by atoms with Crippen molar-refractivity contribution in [1.82, 2.24) is 5.32 Å². The van der Waals surface area contributed by atoms with Gasteiger partial charge in [-0.3, -0.25) is 4.79 Å². The van der Waals surface area contributed by atoms with Gasteiger partial charge in [-0.25, -0.2) is 4.79 Å². The van der Waals surface area contributed by atoms with Crippen LogP contribution in [-0.2, 0) is 4.79 Å². The number of nitrogens with one attached hydrogen (secondary N) is 2. The van der Waals surface area contributed by atoms with E-state index in [1.54, 1.807) is 12.1 Å². The van der Waals surface area contributed by atoms with Crippen molar-refractivity contribution in [2.75, 3.05) is 29.9 Å². The molecule has 0 aromatic heterocycles. The molecule has 1 heterocycles. The number of halogens is 1. The number of carbonyl (C=O) groups is 2. The van der Waals surface area contributed by atoms with Gasteiger partial charge in [-0.05, 0) is 61.9 Å². The smallest absolute Gasteiger partial charge is 0.337 e. The third kappa shape index (κ3) is 5.36. The summed E-state index contributed by atoms with van der Waals surface area (Å²) in [6.45, 7) is 2.40. The molecule has 32 heavy (non-hydrogen) atoms. The van der Waals surface area contributed by atoms with Gasteiger partial charge in [-0.2, -0.15) is 0 Å². The Hall–Kier alpha value is -2.73. The average molecular weight is 456 g/mol. The van der Waals surface area contributed by atoms with E-state index in [0.29, 0.717) is 17.3 Å². The number of rotatable bonds is 7. The highest BCUT2D eigenvalue weighted by Gasteiger charge is 2.32. The van der Waals surface area contributed by atoms with E-state index in [4.69, 9.17) is 11.6 Å². The van der Waals surface area contributed by atoms with E-state index in [2.05, 4.69) is 27.7 Å². The van der Waals surface area contributed by atoms with Crippen molar-refractivity contribution >= 4 is 34.9 Å². The second-order valence-electron chi connectivity index (χ2n) is 8.78. The molecule has 7 heteroatoms. The van der Waals surface area contributed by atoms with Crippen LogP contribution in [0.4, 0.5) is 11.4 Å². The number of carboxylic acid groups (broad SMARTS) is 1.